The molecule has 110 valence electrons. The van der Waals surface area contributed by atoms with Gasteiger partial charge in [0.25, 0.3) is 0 Å². The number of hydrogen-bond donors (Lipinski definition) is 2. The van der Waals surface area contributed by atoms with E-state index in [0.29, 0.717) is 11.4 Å². The first kappa shape index (κ1) is 13.9. The van der Waals surface area contributed by atoms with Crippen LogP contribution in [0.4, 0.5) is 11.4 Å². The third-order valence-corrected chi connectivity index (χ3v) is 3.30. The zero-order chi connectivity index (χ0) is 15.7. The summed E-state index contributed by atoms with van der Waals surface area (Å²) in [6.45, 7) is 3.92. The number of fused-ring (bicyclic) bond motifs is 1. The summed E-state index contributed by atoms with van der Waals surface area (Å²) >= 11 is 0. The van der Waals surface area contributed by atoms with Crippen molar-refractivity contribution in [2.45, 2.75) is 13.8 Å². The van der Waals surface area contributed by atoms with Crippen molar-refractivity contribution in [3.8, 4) is 0 Å². The highest BCUT2D eigenvalue weighted by Gasteiger charge is 2.09. The minimum Gasteiger partial charge on any atom is -0.368 e. The van der Waals surface area contributed by atoms with Crippen molar-refractivity contribution >= 4 is 28.4 Å². The molecular formula is C15H15N7. The minimum absolute atomic E-state index is 0.181. The lowest BCUT2D eigenvalue weighted by Crippen LogP contribution is -2.23. The Morgan fingerprint density at radius 2 is 1.82 bits per heavy atom. The highest BCUT2D eigenvalue weighted by Crippen LogP contribution is 2.28. The second kappa shape index (κ2) is 5.36. The van der Waals surface area contributed by atoms with E-state index in [2.05, 4.69) is 20.4 Å². The van der Waals surface area contributed by atoms with Crippen molar-refractivity contribution in [3.63, 3.8) is 0 Å². The van der Waals surface area contributed by atoms with Crippen molar-refractivity contribution in [1.82, 2.24) is 15.0 Å². The number of aromatic nitrogens is 3. The summed E-state index contributed by atoms with van der Waals surface area (Å²) in [5, 5.41) is 11.6. The molecule has 0 radical (unpaired) electrons. The van der Waals surface area contributed by atoms with Crippen LogP contribution in [-0.4, -0.2) is 21.0 Å². The average Bonchev–Trinajstić information content (AvgIpc) is 2.91. The van der Waals surface area contributed by atoms with Gasteiger partial charge in [-0.1, -0.05) is 17.3 Å². The number of benzene rings is 2. The molecule has 3 N–H and O–H groups in total. The molecule has 0 saturated heterocycles. The molecule has 0 aliphatic heterocycles. The number of nitrogens with one attached hydrogen (secondary N) is 1. The van der Waals surface area contributed by atoms with E-state index in [1.54, 1.807) is 12.1 Å². The SMILES string of the molecule is Cc1ccc(N=C(N)n2nnc3cc(C)ccc32)c(N=N)c1. The second-order valence-electron chi connectivity index (χ2n) is 5.07. The molecule has 0 aliphatic carbocycles. The summed E-state index contributed by atoms with van der Waals surface area (Å²) in [6, 6.07) is 11.2. The molecule has 22 heavy (non-hydrogen) atoms. The van der Waals surface area contributed by atoms with Gasteiger partial charge in [-0.3, -0.25) is 0 Å². The van der Waals surface area contributed by atoms with Crippen LogP contribution >= 0.6 is 0 Å². The van der Waals surface area contributed by atoms with Crippen molar-refractivity contribution in [1.29, 1.82) is 5.53 Å². The highest BCUT2D eigenvalue weighted by atomic mass is 15.5. The number of aliphatic imine (C=N–C) groups is 1. The van der Waals surface area contributed by atoms with Gasteiger partial charge in [0, 0.05) is 0 Å². The molecule has 3 aromatic rings. The largest absolute Gasteiger partial charge is 0.368 e. The van der Waals surface area contributed by atoms with Crippen LogP contribution in [0.2, 0.25) is 0 Å². The lowest BCUT2D eigenvalue weighted by Gasteiger charge is -2.04. The molecule has 0 fully saturated rings. The average molecular weight is 293 g/mol. The summed E-state index contributed by atoms with van der Waals surface area (Å²) < 4.78 is 1.47. The molecule has 0 amide bonds. The molecule has 0 bridgehead atoms. The second-order valence-corrected chi connectivity index (χ2v) is 5.07. The predicted octanol–water partition coefficient (Wildman–Crippen LogP) is 3.21. The Morgan fingerprint density at radius 3 is 2.59 bits per heavy atom. The van der Waals surface area contributed by atoms with Gasteiger partial charge in [-0.2, -0.15) is 9.80 Å². The zero-order valence-electron chi connectivity index (χ0n) is 12.3. The maximum absolute atomic E-state index is 7.24. The van der Waals surface area contributed by atoms with Gasteiger partial charge in [0.05, 0.1) is 11.2 Å². The van der Waals surface area contributed by atoms with Crippen LogP contribution in [0.25, 0.3) is 11.0 Å². The third-order valence-electron chi connectivity index (χ3n) is 3.30. The number of hydrogen-bond acceptors (Lipinski definition) is 5. The lowest BCUT2D eigenvalue weighted by molar-refractivity contribution is 0.853. The molecule has 7 nitrogen and oxygen atoms in total. The van der Waals surface area contributed by atoms with E-state index in [4.69, 9.17) is 11.3 Å². The van der Waals surface area contributed by atoms with E-state index in [1.807, 2.05) is 38.1 Å². The quantitative estimate of drug-likeness (QED) is 0.430. The summed E-state index contributed by atoms with van der Waals surface area (Å²) in [5.74, 6) is 0.181. The van der Waals surface area contributed by atoms with Gasteiger partial charge >= 0.3 is 0 Å². The number of nitrogens with two attached hydrogens (primary N) is 1. The smallest absolute Gasteiger partial charge is 0.223 e. The summed E-state index contributed by atoms with van der Waals surface area (Å²) in [5.41, 5.74) is 17.9. The van der Waals surface area contributed by atoms with Crippen molar-refractivity contribution < 1.29 is 0 Å². The first-order valence-corrected chi connectivity index (χ1v) is 6.73. The van der Waals surface area contributed by atoms with Gasteiger partial charge in [-0.15, -0.1) is 5.10 Å². The molecule has 0 unspecified atom stereocenters. The van der Waals surface area contributed by atoms with E-state index in [-0.39, 0.29) is 5.96 Å². The number of rotatable bonds is 2. The maximum Gasteiger partial charge on any atom is 0.223 e. The lowest BCUT2D eigenvalue weighted by atomic mass is 10.2. The highest BCUT2D eigenvalue weighted by molar-refractivity contribution is 5.92. The summed E-state index contributed by atoms with van der Waals surface area (Å²) in [6.07, 6.45) is 0. The Labute approximate surface area is 127 Å². The molecule has 2 aromatic carbocycles. The molecule has 1 heterocycles. The van der Waals surface area contributed by atoms with E-state index in [1.165, 1.54) is 4.68 Å². The fourth-order valence-electron chi connectivity index (χ4n) is 2.19. The van der Waals surface area contributed by atoms with Gasteiger partial charge in [0.2, 0.25) is 5.96 Å². The predicted molar refractivity (Wildman–Crippen MR) is 84.9 cm³/mol. The Kier molecular flexibility index (Phi) is 3.38. The molecule has 0 aliphatic rings. The van der Waals surface area contributed by atoms with Gasteiger partial charge in [0.15, 0.2) is 0 Å². The Hall–Kier alpha value is -3.09. The third kappa shape index (κ3) is 2.44. The van der Waals surface area contributed by atoms with E-state index in [9.17, 15) is 0 Å². The number of nitrogens with zero attached hydrogens (tertiary/aromatic N) is 5. The molecule has 0 atom stereocenters. The van der Waals surface area contributed by atoms with Crippen LogP contribution in [0.5, 0.6) is 0 Å². The maximum atomic E-state index is 7.24. The molecular weight excluding hydrogens is 278 g/mol. The monoisotopic (exact) mass is 293 g/mol. The molecule has 0 spiro atoms. The van der Waals surface area contributed by atoms with Gasteiger partial charge in [-0.05, 0) is 49.2 Å². The standard InChI is InChI=1S/C15H15N7/c1-9-3-5-11(12(7-9)19-17)18-15(16)22-14-6-4-10(2)8-13(14)20-21-22/h3-8,17H,1-2H3,(H2,16,18). The topological polar surface area (TPSA) is 105 Å². The van der Waals surface area contributed by atoms with Gasteiger partial charge in [-0.25, -0.2) is 10.5 Å². The Balaban J connectivity index is 2.09. The van der Waals surface area contributed by atoms with Gasteiger partial charge < -0.3 is 5.73 Å². The van der Waals surface area contributed by atoms with Crippen LogP contribution in [0.3, 0.4) is 0 Å². The van der Waals surface area contributed by atoms with Crippen LogP contribution in [0.15, 0.2) is 46.5 Å². The summed E-state index contributed by atoms with van der Waals surface area (Å²) in [4.78, 5) is 4.33. The van der Waals surface area contributed by atoms with Crippen LogP contribution in [0.1, 0.15) is 11.1 Å². The zero-order valence-corrected chi connectivity index (χ0v) is 12.3. The van der Waals surface area contributed by atoms with Crippen molar-refractivity contribution in [3.05, 3.63) is 47.5 Å². The Morgan fingerprint density at radius 1 is 1.09 bits per heavy atom. The van der Waals surface area contributed by atoms with E-state index in [0.717, 1.165) is 22.2 Å². The fraction of sp³-hybridized carbons (Fsp3) is 0.133. The van der Waals surface area contributed by atoms with E-state index >= 15 is 0 Å². The summed E-state index contributed by atoms with van der Waals surface area (Å²) in [7, 11) is 0. The van der Waals surface area contributed by atoms with Crippen molar-refractivity contribution in [2.24, 2.45) is 15.8 Å². The molecule has 7 heteroatoms. The van der Waals surface area contributed by atoms with Gasteiger partial charge in [0.1, 0.15) is 11.2 Å². The van der Waals surface area contributed by atoms with Crippen LogP contribution < -0.4 is 5.73 Å². The number of aryl methyl sites for hydroxylation is 2. The first-order chi connectivity index (χ1) is 10.6. The van der Waals surface area contributed by atoms with Crippen LogP contribution in [0, 0.1) is 19.4 Å². The molecule has 1 aromatic heterocycles. The first-order valence-electron chi connectivity index (χ1n) is 6.73. The van der Waals surface area contributed by atoms with Crippen molar-refractivity contribution in [2.75, 3.05) is 0 Å². The van der Waals surface area contributed by atoms with Crippen LogP contribution in [-0.2, 0) is 0 Å². The minimum atomic E-state index is 0.181. The Bertz CT molecular complexity index is 892. The van der Waals surface area contributed by atoms with E-state index < -0.39 is 0 Å². The molecule has 3 rings (SSSR count). The normalized spacial score (nSPS) is 11.8. The molecule has 0 saturated carbocycles. The fourth-order valence-corrected chi connectivity index (χ4v) is 2.19.